The van der Waals surface area contributed by atoms with Gasteiger partial charge in [0.1, 0.15) is 5.69 Å². The van der Waals surface area contributed by atoms with Crippen LogP contribution in [-0.2, 0) is 0 Å². The number of carbonyl (C=O) groups is 2. The molecule has 3 amide bonds. The predicted octanol–water partition coefficient (Wildman–Crippen LogP) is 0.507. The first kappa shape index (κ1) is 10.2. The molecule has 1 aromatic rings. The lowest BCUT2D eigenvalue weighted by molar-refractivity contribution is 0.0961. The summed E-state index contributed by atoms with van der Waals surface area (Å²) in [5.41, 5.74) is 6.64. The van der Waals surface area contributed by atoms with Crippen LogP contribution in [0.5, 0.6) is 0 Å². The van der Waals surface area contributed by atoms with E-state index in [1.807, 2.05) is 18.3 Å². The Balaban J connectivity index is 2.95. The fourth-order valence-electron chi connectivity index (χ4n) is 1.13. The summed E-state index contributed by atoms with van der Waals surface area (Å²) < 4.78 is 0. The van der Waals surface area contributed by atoms with Crippen molar-refractivity contribution in [2.45, 2.75) is 13.8 Å². The molecule has 0 spiro atoms. The molecule has 3 N–H and O–H groups in total. The summed E-state index contributed by atoms with van der Waals surface area (Å²) >= 11 is 0. The van der Waals surface area contributed by atoms with Crippen molar-refractivity contribution in [3.8, 4) is 0 Å². The number of hydrogen-bond acceptors (Lipinski definition) is 3. The van der Waals surface area contributed by atoms with E-state index in [9.17, 15) is 9.59 Å². The van der Waals surface area contributed by atoms with E-state index in [1.54, 1.807) is 13.0 Å². The van der Waals surface area contributed by atoms with E-state index in [0.717, 1.165) is 11.3 Å². The molecule has 74 valence electrons. The van der Waals surface area contributed by atoms with Crippen LogP contribution in [0.1, 0.15) is 21.7 Å². The second-order valence-electron chi connectivity index (χ2n) is 2.99. The monoisotopic (exact) mass is 193 g/mol. The molecule has 5 nitrogen and oxygen atoms in total. The fourth-order valence-corrected chi connectivity index (χ4v) is 1.13. The van der Waals surface area contributed by atoms with Gasteiger partial charge in [0.2, 0.25) is 0 Å². The third kappa shape index (κ3) is 2.55. The van der Waals surface area contributed by atoms with Crippen LogP contribution < -0.4 is 11.1 Å². The van der Waals surface area contributed by atoms with E-state index < -0.39 is 11.9 Å². The fraction of sp³-hybridized carbons (Fsp3) is 0.222. The highest BCUT2D eigenvalue weighted by Crippen LogP contribution is 2.03. The summed E-state index contributed by atoms with van der Waals surface area (Å²) in [4.78, 5) is 25.7. The van der Waals surface area contributed by atoms with Gasteiger partial charge in [-0.25, -0.2) is 9.78 Å². The van der Waals surface area contributed by atoms with Gasteiger partial charge in [0.25, 0.3) is 5.91 Å². The van der Waals surface area contributed by atoms with Crippen LogP contribution in [0, 0.1) is 13.8 Å². The van der Waals surface area contributed by atoms with Crippen LogP contribution >= 0.6 is 0 Å². The summed E-state index contributed by atoms with van der Waals surface area (Å²) in [6.07, 6.45) is 0. The Labute approximate surface area is 81.3 Å². The van der Waals surface area contributed by atoms with Gasteiger partial charge in [0.15, 0.2) is 0 Å². The van der Waals surface area contributed by atoms with Crippen molar-refractivity contribution in [1.82, 2.24) is 10.3 Å². The quantitative estimate of drug-likeness (QED) is 0.681. The first-order chi connectivity index (χ1) is 6.49. The van der Waals surface area contributed by atoms with E-state index in [1.165, 1.54) is 0 Å². The van der Waals surface area contributed by atoms with Crippen LogP contribution in [0.2, 0.25) is 0 Å². The maximum Gasteiger partial charge on any atom is 0.319 e. The molecule has 0 aliphatic rings. The van der Waals surface area contributed by atoms with Crippen LogP contribution in [-0.4, -0.2) is 16.9 Å². The molecule has 0 atom stereocenters. The molecule has 5 heteroatoms. The largest absolute Gasteiger partial charge is 0.351 e. The van der Waals surface area contributed by atoms with E-state index in [2.05, 4.69) is 4.98 Å². The van der Waals surface area contributed by atoms with Crippen LogP contribution in [0.25, 0.3) is 0 Å². The number of pyridine rings is 1. The molecular formula is C9H11N3O2. The van der Waals surface area contributed by atoms with Gasteiger partial charge in [0.05, 0.1) is 0 Å². The zero-order chi connectivity index (χ0) is 10.7. The molecule has 0 saturated heterocycles. The molecule has 0 aliphatic carbocycles. The molecule has 0 aromatic carbocycles. The average molecular weight is 193 g/mol. The lowest BCUT2D eigenvalue weighted by Gasteiger charge is -2.02. The van der Waals surface area contributed by atoms with Crippen molar-refractivity contribution in [3.63, 3.8) is 0 Å². The second kappa shape index (κ2) is 3.87. The van der Waals surface area contributed by atoms with Crippen molar-refractivity contribution in [3.05, 3.63) is 29.1 Å². The Morgan fingerprint density at radius 1 is 1.36 bits per heavy atom. The minimum Gasteiger partial charge on any atom is -0.351 e. The normalized spacial score (nSPS) is 9.57. The summed E-state index contributed by atoms with van der Waals surface area (Å²) in [6.45, 7) is 3.61. The van der Waals surface area contributed by atoms with Gasteiger partial charge < -0.3 is 5.73 Å². The molecule has 1 heterocycles. The Hall–Kier alpha value is -1.91. The van der Waals surface area contributed by atoms with Crippen molar-refractivity contribution < 1.29 is 9.59 Å². The van der Waals surface area contributed by atoms with Crippen LogP contribution in [0.15, 0.2) is 12.1 Å². The van der Waals surface area contributed by atoms with E-state index in [-0.39, 0.29) is 5.69 Å². The summed E-state index contributed by atoms with van der Waals surface area (Å²) in [6, 6.07) is 2.54. The minimum atomic E-state index is -0.879. The predicted molar refractivity (Wildman–Crippen MR) is 50.8 cm³/mol. The lowest BCUT2D eigenvalue weighted by atomic mass is 10.2. The van der Waals surface area contributed by atoms with Crippen molar-refractivity contribution in [1.29, 1.82) is 0 Å². The number of rotatable bonds is 1. The maximum absolute atomic E-state index is 11.3. The van der Waals surface area contributed by atoms with Crippen LogP contribution in [0.4, 0.5) is 4.79 Å². The van der Waals surface area contributed by atoms with Gasteiger partial charge in [-0.15, -0.1) is 0 Å². The van der Waals surface area contributed by atoms with Gasteiger partial charge in [-0.3, -0.25) is 10.1 Å². The number of nitrogens with zero attached hydrogens (tertiary/aromatic N) is 1. The maximum atomic E-state index is 11.3. The van der Waals surface area contributed by atoms with Gasteiger partial charge in [-0.05, 0) is 31.5 Å². The molecule has 0 aliphatic heterocycles. The smallest absolute Gasteiger partial charge is 0.319 e. The topological polar surface area (TPSA) is 85.1 Å². The van der Waals surface area contributed by atoms with Crippen LogP contribution in [0.3, 0.4) is 0 Å². The average Bonchev–Trinajstić information content (AvgIpc) is 2.00. The van der Waals surface area contributed by atoms with Gasteiger partial charge >= 0.3 is 6.03 Å². The van der Waals surface area contributed by atoms with E-state index in [4.69, 9.17) is 5.73 Å². The number of nitrogens with two attached hydrogens (primary N) is 1. The number of hydrogen-bond donors (Lipinski definition) is 2. The standard InChI is InChI=1S/C9H11N3O2/c1-5-3-6(2)11-7(4-5)8(13)12-9(10)14/h3-4H,1-2H3,(H3,10,12,13,14). The second-order valence-corrected chi connectivity index (χ2v) is 2.99. The van der Waals surface area contributed by atoms with Crippen molar-refractivity contribution in [2.75, 3.05) is 0 Å². The first-order valence-corrected chi connectivity index (χ1v) is 4.05. The number of amides is 3. The first-order valence-electron chi connectivity index (χ1n) is 4.05. The number of imide groups is 1. The molecule has 0 saturated carbocycles. The number of aryl methyl sites for hydroxylation is 2. The Kier molecular flexibility index (Phi) is 2.81. The summed E-state index contributed by atoms with van der Waals surface area (Å²) in [5, 5.41) is 1.95. The van der Waals surface area contributed by atoms with Crippen molar-refractivity contribution >= 4 is 11.9 Å². The summed E-state index contributed by atoms with van der Waals surface area (Å²) in [7, 11) is 0. The van der Waals surface area contributed by atoms with E-state index >= 15 is 0 Å². The van der Waals surface area contributed by atoms with E-state index in [0.29, 0.717) is 0 Å². The third-order valence-corrected chi connectivity index (χ3v) is 1.57. The summed E-state index contributed by atoms with van der Waals surface area (Å²) in [5.74, 6) is -0.579. The molecular weight excluding hydrogens is 182 g/mol. The highest BCUT2D eigenvalue weighted by molar-refractivity contribution is 6.02. The molecule has 0 fully saturated rings. The number of nitrogens with one attached hydrogen (secondary N) is 1. The Bertz CT molecular complexity index is 367. The minimum absolute atomic E-state index is 0.196. The zero-order valence-corrected chi connectivity index (χ0v) is 8.00. The van der Waals surface area contributed by atoms with Crippen molar-refractivity contribution in [2.24, 2.45) is 5.73 Å². The molecule has 0 bridgehead atoms. The highest BCUT2D eigenvalue weighted by Gasteiger charge is 2.09. The lowest BCUT2D eigenvalue weighted by Crippen LogP contribution is -2.35. The zero-order valence-electron chi connectivity index (χ0n) is 8.00. The Morgan fingerprint density at radius 3 is 2.50 bits per heavy atom. The molecule has 14 heavy (non-hydrogen) atoms. The third-order valence-electron chi connectivity index (χ3n) is 1.57. The van der Waals surface area contributed by atoms with Gasteiger partial charge in [-0.1, -0.05) is 0 Å². The molecule has 0 radical (unpaired) electrons. The Morgan fingerprint density at radius 2 is 2.00 bits per heavy atom. The number of aromatic nitrogens is 1. The highest BCUT2D eigenvalue weighted by atomic mass is 16.2. The number of urea groups is 1. The van der Waals surface area contributed by atoms with Gasteiger partial charge in [-0.2, -0.15) is 0 Å². The number of carbonyl (C=O) groups excluding carboxylic acids is 2. The molecule has 1 aromatic heterocycles. The number of primary amides is 1. The molecule has 0 unspecified atom stereocenters. The van der Waals surface area contributed by atoms with Gasteiger partial charge in [0, 0.05) is 5.69 Å². The SMILES string of the molecule is Cc1cc(C)nc(C(=O)NC(N)=O)c1. The molecule has 1 rings (SSSR count).